The molecule has 0 saturated carbocycles. The van der Waals surface area contributed by atoms with Crippen LogP contribution in [0.3, 0.4) is 0 Å². The molecule has 111 valence electrons. The van der Waals surface area contributed by atoms with Crippen LogP contribution in [0.4, 0.5) is 0 Å². The van der Waals surface area contributed by atoms with E-state index in [4.69, 9.17) is 9.47 Å². The molecule has 0 spiro atoms. The van der Waals surface area contributed by atoms with Gasteiger partial charge in [-0.3, -0.25) is 0 Å². The normalized spacial score (nSPS) is 10.7. The van der Waals surface area contributed by atoms with Crippen molar-refractivity contribution >= 4 is 0 Å². The number of hydrogen-bond donors (Lipinski definition) is 0. The van der Waals surface area contributed by atoms with Crippen molar-refractivity contribution in [1.29, 1.82) is 0 Å². The average molecular weight is 285 g/mol. The summed E-state index contributed by atoms with van der Waals surface area (Å²) >= 11 is 0. The molecule has 0 aliphatic rings. The number of aromatic nitrogens is 1. The number of pyridine rings is 1. The molecule has 2 aromatic rings. The van der Waals surface area contributed by atoms with Crippen molar-refractivity contribution in [2.45, 2.75) is 6.92 Å². The van der Waals surface area contributed by atoms with E-state index in [1.807, 2.05) is 51.4 Å². The largest absolute Gasteiger partial charge is 0.490 e. The number of rotatable bonds is 7. The summed E-state index contributed by atoms with van der Waals surface area (Å²) in [5.74, 6) is 1.52. The zero-order chi connectivity index (χ0) is 15.1. The molecule has 0 unspecified atom stereocenters. The van der Waals surface area contributed by atoms with Gasteiger partial charge in [0.15, 0.2) is 11.5 Å². The van der Waals surface area contributed by atoms with E-state index in [1.54, 1.807) is 6.07 Å². The van der Waals surface area contributed by atoms with Crippen molar-refractivity contribution in [2.24, 2.45) is 0 Å². The van der Waals surface area contributed by atoms with Crippen molar-refractivity contribution < 1.29 is 9.47 Å². The van der Waals surface area contributed by atoms with Crippen molar-refractivity contribution in [1.82, 2.24) is 9.88 Å². The van der Waals surface area contributed by atoms with Crippen LogP contribution in [0, 0.1) is 6.20 Å². The van der Waals surface area contributed by atoms with Crippen LogP contribution in [0.2, 0.25) is 0 Å². The Morgan fingerprint density at radius 3 is 2.67 bits per heavy atom. The molecule has 1 aromatic heterocycles. The molecule has 0 fully saturated rings. The molecule has 21 heavy (non-hydrogen) atoms. The molecule has 0 amide bonds. The minimum absolute atomic E-state index is 0.599. The third-order valence-corrected chi connectivity index (χ3v) is 2.95. The third kappa shape index (κ3) is 4.46. The lowest BCUT2D eigenvalue weighted by Gasteiger charge is -2.15. The second-order valence-corrected chi connectivity index (χ2v) is 4.90. The van der Waals surface area contributed by atoms with Gasteiger partial charge in [-0.05, 0) is 51.4 Å². The van der Waals surface area contributed by atoms with Crippen molar-refractivity contribution in [3.8, 4) is 22.8 Å². The average Bonchev–Trinajstić information content (AvgIpc) is 2.49. The highest BCUT2D eigenvalue weighted by Gasteiger charge is 2.08. The van der Waals surface area contributed by atoms with Gasteiger partial charge in [-0.15, -0.1) is 0 Å². The van der Waals surface area contributed by atoms with Gasteiger partial charge < -0.3 is 14.4 Å². The first-order valence-electron chi connectivity index (χ1n) is 7.08. The van der Waals surface area contributed by atoms with E-state index >= 15 is 0 Å². The Morgan fingerprint density at radius 1 is 1.14 bits per heavy atom. The summed E-state index contributed by atoms with van der Waals surface area (Å²) in [5, 5.41) is 0. The maximum absolute atomic E-state index is 5.80. The Morgan fingerprint density at radius 2 is 2.00 bits per heavy atom. The summed E-state index contributed by atoms with van der Waals surface area (Å²) in [6, 6.07) is 11.5. The van der Waals surface area contributed by atoms with Gasteiger partial charge >= 0.3 is 0 Å². The van der Waals surface area contributed by atoms with Crippen LogP contribution < -0.4 is 9.47 Å². The molecule has 0 bridgehead atoms. The molecule has 1 radical (unpaired) electrons. The summed E-state index contributed by atoms with van der Waals surface area (Å²) in [6.45, 7) is 4.05. The zero-order valence-electron chi connectivity index (χ0n) is 12.8. The molecule has 0 atom stereocenters. The number of likely N-dealkylation sites (N-methyl/N-ethyl adjacent to an activating group) is 1. The molecule has 0 N–H and O–H groups in total. The van der Waals surface area contributed by atoms with Crippen molar-refractivity contribution in [3.05, 3.63) is 42.6 Å². The lowest BCUT2D eigenvalue weighted by molar-refractivity contribution is 0.244. The van der Waals surface area contributed by atoms with Crippen LogP contribution in [-0.4, -0.2) is 43.7 Å². The van der Waals surface area contributed by atoms with Gasteiger partial charge in [-0.2, -0.15) is 0 Å². The molecule has 4 heteroatoms. The fourth-order valence-corrected chi connectivity index (χ4v) is 1.88. The van der Waals surface area contributed by atoms with Gasteiger partial charge in [0.1, 0.15) is 6.61 Å². The van der Waals surface area contributed by atoms with Gasteiger partial charge in [-0.1, -0.05) is 6.07 Å². The van der Waals surface area contributed by atoms with Crippen LogP contribution in [0.1, 0.15) is 6.92 Å². The van der Waals surface area contributed by atoms with Gasteiger partial charge in [0.2, 0.25) is 0 Å². The second-order valence-electron chi connectivity index (χ2n) is 4.90. The number of benzene rings is 1. The zero-order valence-corrected chi connectivity index (χ0v) is 12.8. The Labute approximate surface area is 126 Å². The van der Waals surface area contributed by atoms with Gasteiger partial charge in [0.25, 0.3) is 0 Å². The standard InChI is InChI=1S/C17H21N2O2/c1-4-20-17-13-14(15-7-5-6-10-18-15)8-9-16(17)21-12-11-19(2)3/h5-9,13H,4,11-12H2,1-3H3. The fraction of sp³-hybridized carbons (Fsp3) is 0.353. The maximum atomic E-state index is 5.80. The summed E-state index contributed by atoms with van der Waals surface area (Å²) in [6.07, 6.45) is 2.84. The fourth-order valence-electron chi connectivity index (χ4n) is 1.88. The SMILES string of the molecule is CCOc1cc(-c2ccc[c]n2)ccc1OCCN(C)C. The van der Waals surface area contributed by atoms with Gasteiger partial charge in [0, 0.05) is 12.1 Å². The Hall–Kier alpha value is -2.07. The van der Waals surface area contributed by atoms with Crippen LogP contribution in [0.25, 0.3) is 11.3 Å². The van der Waals surface area contributed by atoms with E-state index in [0.29, 0.717) is 13.2 Å². The molecule has 0 aliphatic heterocycles. The van der Waals surface area contributed by atoms with Gasteiger partial charge in [0.05, 0.1) is 18.5 Å². The predicted molar refractivity (Wildman–Crippen MR) is 83.7 cm³/mol. The summed E-state index contributed by atoms with van der Waals surface area (Å²) < 4.78 is 11.5. The van der Waals surface area contributed by atoms with E-state index in [9.17, 15) is 0 Å². The maximum Gasteiger partial charge on any atom is 0.161 e. The monoisotopic (exact) mass is 285 g/mol. The smallest absolute Gasteiger partial charge is 0.161 e. The van der Waals surface area contributed by atoms with Crippen LogP contribution in [0.5, 0.6) is 11.5 Å². The lowest BCUT2D eigenvalue weighted by Crippen LogP contribution is -2.19. The van der Waals surface area contributed by atoms with Crippen LogP contribution >= 0.6 is 0 Å². The molecule has 1 heterocycles. The van der Waals surface area contributed by atoms with E-state index in [-0.39, 0.29) is 0 Å². The van der Waals surface area contributed by atoms with Crippen molar-refractivity contribution in [2.75, 3.05) is 33.9 Å². The Bertz CT molecular complexity index is 556. The van der Waals surface area contributed by atoms with E-state index in [0.717, 1.165) is 29.3 Å². The molecular formula is C17H21N2O2. The first-order valence-corrected chi connectivity index (χ1v) is 7.08. The number of ether oxygens (including phenoxy) is 2. The third-order valence-electron chi connectivity index (χ3n) is 2.95. The molecule has 2 rings (SSSR count). The minimum atomic E-state index is 0.599. The molecule has 1 aromatic carbocycles. The molecule has 4 nitrogen and oxygen atoms in total. The molecular weight excluding hydrogens is 264 g/mol. The topological polar surface area (TPSA) is 34.6 Å². The predicted octanol–water partition coefficient (Wildman–Crippen LogP) is 2.89. The second kappa shape index (κ2) is 7.64. The minimum Gasteiger partial charge on any atom is -0.490 e. The Balaban J connectivity index is 2.18. The summed E-state index contributed by atoms with van der Waals surface area (Å²) in [7, 11) is 4.04. The molecule has 0 saturated heterocycles. The van der Waals surface area contributed by atoms with E-state index in [1.165, 1.54) is 0 Å². The van der Waals surface area contributed by atoms with Crippen molar-refractivity contribution in [3.63, 3.8) is 0 Å². The Kier molecular flexibility index (Phi) is 5.58. The highest BCUT2D eigenvalue weighted by molar-refractivity contribution is 5.63. The quantitative estimate of drug-likeness (QED) is 0.783. The van der Waals surface area contributed by atoms with Crippen LogP contribution in [0.15, 0.2) is 36.4 Å². The van der Waals surface area contributed by atoms with Crippen LogP contribution in [-0.2, 0) is 0 Å². The first-order chi connectivity index (χ1) is 10.2. The highest BCUT2D eigenvalue weighted by Crippen LogP contribution is 2.32. The summed E-state index contributed by atoms with van der Waals surface area (Å²) in [4.78, 5) is 6.32. The molecule has 0 aliphatic carbocycles. The number of nitrogens with zero attached hydrogens (tertiary/aromatic N) is 2. The van der Waals surface area contributed by atoms with E-state index < -0.39 is 0 Å². The van der Waals surface area contributed by atoms with E-state index in [2.05, 4.69) is 16.1 Å². The van der Waals surface area contributed by atoms with Gasteiger partial charge in [-0.25, -0.2) is 4.98 Å². The summed E-state index contributed by atoms with van der Waals surface area (Å²) in [5.41, 5.74) is 1.87. The number of hydrogen-bond acceptors (Lipinski definition) is 4. The first kappa shape index (κ1) is 15.3. The highest BCUT2D eigenvalue weighted by atomic mass is 16.5. The lowest BCUT2D eigenvalue weighted by atomic mass is 10.1.